The van der Waals surface area contributed by atoms with Gasteiger partial charge in [0.2, 0.25) is 11.8 Å². The van der Waals surface area contributed by atoms with Crippen LogP contribution in [-0.4, -0.2) is 53.0 Å². The van der Waals surface area contributed by atoms with Crippen molar-refractivity contribution in [1.29, 1.82) is 0 Å². The first-order valence-electron chi connectivity index (χ1n) is 9.01. The number of amides is 2. The zero-order valence-electron chi connectivity index (χ0n) is 14.3. The van der Waals surface area contributed by atoms with Crippen molar-refractivity contribution in [3.63, 3.8) is 0 Å². The molecule has 0 bridgehead atoms. The Morgan fingerprint density at radius 3 is 2.65 bits per heavy atom. The number of hydrogen-bond donors (Lipinski definition) is 2. The molecule has 2 amide bonds. The maximum Gasteiger partial charge on any atom is 0.238 e. The minimum Gasteiger partial charge on any atom is -0.354 e. The third kappa shape index (κ3) is 4.02. The average Bonchev–Trinajstić information content (AvgIpc) is 3.34. The van der Waals surface area contributed by atoms with Gasteiger partial charge in [0.05, 0.1) is 10.9 Å². The summed E-state index contributed by atoms with van der Waals surface area (Å²) in [6.45, 7) is 6.72. The van der Waals surface area contributed by atoms with Crippen molar-refractivity contribution >= 4 is 23.6 Å². The molecule has 3 aliphatic rings. The first kappa shape index (κ1) is 17.1. The molecule has 6 heteroatoms. The second kappa shape index (κ2) is 7.01. The van der Waals surface area contributed by atoms with Gasteiger partial charge < -0.3 is 10.2 Å². The molecule has 0 aromatic carbocycles. The van der Waals surface area contributed by atoms with E-state index < -0.39 is 0 Å². The van der Waals surface area contributed by atoms with Crippen LogP contribution in [0.4, 0.5) is 0 Å². The summed E-state index contributed by atoms with van der Waals surface area (Å²) in [6, 6.07) is -0.0882. The fraction of sp³-hybridized carbons (Fsp3) is 0.882. The van der Waals surface area contributed by atoms with E-state index in [0.29, 0.717) is 17.7 Å². The molecule has 23 heavy (non-hydrogen) atoms. The molecule has 3 rings (SSSR count). The van der Waals surface area contributed by atoms with Gasteiger partial charge in [-0.05, 0) is 31.6 Å². The Kier molecular flexibility index (Phi) is 5.21. The van der Waals surface area contributed by atoms with E-state index in [1.165, 1.54) is 0 Å². The van der Waals surface area contributed by atoms with Crippen LogP contribution in [0.15, 0.2) is 0 Å². The van der Waals surface area contributed by atoms with E-state index in [2.05, 4.69) is 24.5 Å². The topological polar surface area (TPSA) is 61.4 Å². The van der Waals surface area contributed by atoms with Crippen LogP contribution in [0.3, 0.4) is 0 Å². The van der Waals surface area contributed by atoms with Crippen molar-refractivity contribution in [3.05, 3.63) is 0 Å². The first-order valence-corrected chi connectivity index (χ1v) is 10.00. The molecule has 2 heterocycles. The van der Waals surface area contributed by atoms with Gasteiger partial charge in [-0.3, -0.25) is 14.9 Å². The number of rotatable bonds is 5. The SMILES string of the molecule is CCC(C)CNC(=O)C1CSC2(CCN(C(=O)C3CC3)CC2)N1. The Hall–Kier alpha value is -0.750. The van der Waals surface area contributed by atoms with Crippen LogP contribution in [-0.2, 0) is 9.59 Å². The van der Waals surface area contributed by atoms with Crippen molar-refractivity contribution in [2.45, 2.75) is 56.9 Å². The van der Waals surface area contributed by atoms with Crippen LogP contribution < -0.4 is 10.6 Å². The number of nitrogens with one attached hydrogen (secondary N) is 2. The summed E-state index contributed by atoms with van der Waals surface area (Å²) >= 11 is 1.87. The molecule has 1 aliphatic carbocycles. The predicted molar refractivity (Wildman–Crippen MR) is 93.1 cm³/mol. The van der Waals surface area contributed by atoms with Gasteiger partial charge in [-0.2, -0.15) is 0 Å². The van der Waals surface area contributed by atoms with Gasteiger partial charge in [0.25, 0.3) is 0 Å². The summed E-state index contributed by atoms with van der Waals surface area (Å²) in [5.74, 6) is 2.16. The maximum absolute atomic E-state index is 12.3. The molecule has 0 aromatic rings. The van der Waals surface area contributed by atoms with Crippen LogP contribution in [0.2, 0.25) is 0 Å². The molecule has 1 spiro atoms. The maximum atomic E-state index is 12.3. The summed E-state index contributed by atoms with van der Waals surface area (Å²) in [4.78, 5) is 26.5. The highest BCUT2D eigenvalue weighted by molar-refractivity contribution is 8.01. The number of thioether (sulfide) groups is 1. The zero-order valence-corrected chi connectivity index (χ0v) is 15.1. The standard InChI is InChI=1S/C17H29N3O2S/c1-3-12(2)10-18-15(21)14-11-23-17(19-14)6-8-20(9-7-17)16(22)13-4-5-13/h12-14,19H,3-11H2,1-2H3,(H,18,21). The Morgan fingerprint density at radius 2 is 2.04 bits per heavy atom. The Bertz CT molecular complexity index is 459. The minimum absolute atomic E-state index is 0.00128. The molecule has 130 valence electrons. The molecule has 3 fully saturated rings. The smallest absolute Gasteiger partial charge is 0.238 e. The molecule has 0 radical (unpaired) electrons. The van der Waals surface area contributed by atoms with Crippen molar-refractivity contribution < 1.29 is 9.59 Å². The molecule has 2 unspecified atom stereocenters. The number of carbonyl (C=O) groups excluding carboxylic acids is 2. The Labute approximate surface area is 143 Å². The molecular weight excluding hydrogens is 310 g/mol. The summed E-state index contributed by atoms with van der Waals surface area (Å²) < 4.78 is 0. The Morgan fingerprint density at radius 1 is 1.35 bits per heavy atom. The van der Waals surface area contributed by atoms with E-state index in [1.807, 2.05) is 16.7 Å². The number of hydrogen-bond acceptors (Lipinski definition) is 4. The monoisotopic (exact) mass is 339 g/mol. The normalized spacial score (nSPS) is 27.9. The molecule has 2 saturated heterocycles. The largest absolute Gasteiger partial charge is 0.354 e. The molecule has 0 aromatic heterocycles. The minimum atomic E-state index is -0.0882. The third-order valence-corrected chi connectivity index (χ3v) is 6.99. The van der Waals surface area contributed by atoms with Gasteiger partial charge in [0, 0.05) is 31.3 Å². The van der Waals surface area contributed by atoms with Crippen molar-refractivity contribution in [2.24, 2.45) is 11.8 Å². The quantitative estimate of drug-likeness (QED) is 0.798. The number of carbonyl (C=O) groups is 2. The van der Waals surface area contributed by atoms with Gasteiger partial charge in [0.1, 0.15) is 0 Å². The second-order valence-electron chi connectivity index (χ2n) is 7.36. The highest BCUT2D eigenvalue weighted by Crippen LogP contribution is 2.40. The van der Waals surface area contributed by atoms with Crippen LogP contribution in [0.1, 0.15) is 46.0 Å². The summed E-state index contributed by atoms with van der Waals surface area (Å²) in [7, 11) is 0. The van der Waals surface area contributed by atoms with Crippen LogP contribution in [0.25, 0.3) is 0 Å². The van der Waals surface area contributed by atoms with Crippen LogP contribution in [0, 0.1) is 11.8 Å². The lowest BCUT2D eigenvalue weighted by molar-refractivity contribution is -0.134. The summed E-state index contributed by atoms with van der Waals surface area (Å²) in [5.41, 5.74) is 0. The van der Waals surface area contributed by atoms with Gasteiger partial charge in [-0.1, -0.05) is 20.3 Å². The van der Waals surface area contributed by atoms with E-state index in [9.17, 15) is 9.59 Å². The number of nitrogens with zero attached hydrogens (tertiary/aromatic N) is 1. The van der Waals surface area contributed by atoms with E-state index in [0.717, 1.165) is 57.5 Å². The average molecular weight is 340 g/mol. The summed E-state index contributed by atoms with van der Waals surface area (Å²) in [6.07, 6.45) is 5.14. The van der Waals surface area contributed by atoms with Crippen molar-refractivity contribution in [2.75, 3.05) is 25.4 Å². The van der Waals surface area contributed by atoms with Crippen LogP contribution in [0.5, 0.6) is 0 Å². The molecule has 5 nitrogen and oxygen atoms in total. The van der Waals surface area contributed by atoms with E-state index in [1.54, 1.807) is 0 Å². The van der Waals surface area contributed by atoms with Crippen molar-refractivity contribution in [3.8, 4) is 0 Å². The zero-order chi connectivity index (χ0) is 16.4. The Balaban J connectivity index is 1.45. The lowest BCUT2D eigenvalue weighted by Crippen LogP contribution is -2.54. The number of likely N-dealkylation sites (tertiary alicyclic amines) is 1. The second-order valence-corrected chi connectivity index (χ2v) is 8.76. The predicted octanol–water partition coefficient (Wildman–Crippen LogP) is 1.58. The molecule has 1 saturated carbocycles. The molecule has 2 atom stereocenters. The van der Waals surface area contributed by atoms with E-state index >= 15 is 0 Å². The van der Waals surface area contributed by atoms with E-state index in [4.69, 9.17) is 0 Å². The van der Waals surface area contributed by atoms with Crippen LogP contribution >= 0.6 is 11.8 Å². The fourth-order valence-corrected chi connectivity index (χ4v) is 4.71. The van der Waals surface area contributed by atoms with Gasteiger partial charge in [0.15, 0.2) is 0 Å². The van der Waals surface area contributed by atoms with Gasteiger partial charge >= 0.3 is 0 Å². The van der Waals surface area contributed by atoms with Gasteiger partial charge in [-0.15, -0.1) is 11.8 Å². The lowest BCUT2D eigenvalue weighted by atomic mass is 10.0. The highest BCUT2D eigenvalue weighted by Gasteiger charge is 2.45. The molecule has 2 aliphatic heterocycles. The fourth-order valence-electron chi connectivity index (χ4n) is 3.29. The van der Waals surface area contributed by atoms with E-state index in [-0.39, 0.29) is 16.8 Å². The third-order valence-electron chi connectivity index (χ3n) is 5.41. The summed E-state index contributed by atoms with van der Waals surface area (Å²) in [5, 5.41) is 6.63. The number of piperidine rings is 1. The van der Waals surface area contributed by atoms with Gasteiger partial charge in [-0.25, -0.2) is 0 Å². The highest BCUT2D eigenvalue weighted by atomic mass is 32.2. The molecular formula is C17H29N3O2S. The lowest BCUT2D eigenvalue weighted by Gasteiger charge is -2.39. The van der Waals surface area contributed by atoms with Crippen molar-refractivity contribution in [1.82, 2.24) is 15.5 Å². The molecule has 2 N–H and O–H groups in total. The first-order chi connectivity index (χ1) is 11.0.